The van der Waals surface area contributed by atoms with Gasteiger partial charge in [0.2, 0.25) is 5.91 Å². The number of morpholine rings is 5. The van der Waals surface area contributed by atoms with Gasteiger partial charge in [-0.15, -0.1) is 0 Å². The Morgan fingerprint density at radius 3 is 1.17 bits per heavy atom. The van der Waals surface area contributed by atoms with Gasteiger partial charge in [0.15, 0.2) is 0 Å². The van der Waals surface area contributed by atoms with E-state index in [-0.39, 0.29) is 19.1 Å². The second kappa shape index (κ2) is 31.9. The number of nitrogens with one attached hydrogen (secondary N) is 1. The SMILES string of the molecule is C1CN(CCOCCN2CCOCC2)CCO1.NCCOCCN1CCOCC1.O=C1COCCN1.OCCOCCN1CCOCC1. The average Bonchev–Trinajstić information content (AvgIpc) is 3.15. The van der Waals surface area contributed by atoms with Crippen LogP contribution in [0.2, 0.25) is 0 Å². The van der Waals surface area contributed by atoms with E-state index in [0.717, 1.165) is 151 Å². The Kier molecular flexibility index (Phi) is 28.6. The van der Waals surface area contributed by atoms with Gasteiger partial charge >= 0.3 is 0 Å². The molecule has 1 amide bonds. The van der Waals surface area contributed by atoms with E-state index in [9.17, 15) is 4.79 Å². The Labute approximate surface area is 288 Å². The lowest BCUT2D eigenvalue weighted by Crippen LogP contribution is -2.40. The van der Waals surface area contributed by atoms with E-state index in [1.807, 2.05) is 0 Å². The second-order valence-electron chi connectivity index (χ2n) is 11.6. The highest BCUT2D eigenvalue weighted by molar-refractivity contribution is 5.77. The van der Waals surface area contributed by atoms with Crippen LogP contribution < -0.4 is 11.1 Å². The first-order chi connectivity index (χ1) is 23.7. The zero-order valence-electron chi connectivity index (χ0n) is 29.4. The predicted octanol–water partition coefficient (Wildman–Crippen LogP) is -2.58. The van der Waals surface area contributed by atoms with Crippen LogP contribution in [0.3, 0.4) is 0 Å². The summed E-state index contributed by atoms with van der Waals surface area (Å²) in [5.74, 6) is -0.00810. The van der Waals surface area contributed by atoms with Crippen LogP contribution in [0.25, 0.3) is 0 Å². The van der Waals surface area contributed by atoms with E-state index >= 15 is 0 Å². The molecule has 0 unspecified atom stereocenters. The molecular weight excluding hydrogens is 628 g/mol. The maximum Gasteiger partial charge on any atom is 0.246 e. The van der Waals surface area contributed by atoms with Gasteiger partial charge < -0.3 is 54.1 Å². The van der Waals surface area contributed by atoms with Crippen molar-refractivity contribution < 1.29 is 47.8 Å². The maximum absolute atomic E-state index is 10.2. The van der Waals surface area contributed by atoms with Gasteiger partial charge in [0.25, 0.3) is 0 Å². The third-order valence-corrected chi connectivity index (χ3v) is 7.92. The van der Waals surface area contributed by atoms with Gasteiger partial charge in [-0.3, -0.25) is 24.4 Å². The summed E-state index contributed by atoms with van der Waals surface area (Å²) in [6, 6.07) is 0. The number of hydrogen-bond acceptors (Lipinski definition) is 15. The standard InChI is InChI=1S/C12H24N2O3.C8H18N2O2.C8H17NO3.C4H7NO2/c1-7-15-8-2-13(1)5-11-17-12-6-14-3-9-16-10-4-14;9-1-5-11-6-2-10-3-7-12-8-4-10;10-4-8-12-7-3-9-1-5-11-6-2-9;6-4-3-7-2-1-5-4/h1-12H2;1-9H2;10H,1-8H2;1-3H2,(H,5,6). The molecule has 0 aromatic heterocycles. The number of aliphatic hydroxyl groups excluding tert-OH is 1. The van der Waals surface area contributed by atoms with Crippen LogP contribution in [-0.2, 0) is 42.7 Å². The number of ether oxygens (including phenoxy) is 8. The van der Waals surface area contributed by atoms with Crippen molar-refractivity contribution in [1.29, 1.82) is 0 Å². The van der Waals surface area contributed by atoms with E-state index < -0.39 is 0 Å². The molecule has 4 N–H and O–H groups in total. The summed E-state index contributed by atoms with van der Waals surface area (Å²) in [7, 11) is 0. The molecule has 5 rings (SSSR count). The number of rotatable bonds is 16. The summed E-state index contributed by atoms with van der Waals surface area (Å²) in [5.41, 5.74) is 5.29. The fourth-order valence-electron chi connectivity index (χ4n) is 5.01. The van der Waals surface area contributed by atoms with Gasteiger partial charge in [-0.05, 0) is 0 Å². The van der Waals surface area contributed by atoms with Crippen LogP contribution in [0.4, 0.5) is 0 Å². The molecule has 5 aliphatic rings. The lowest BCUT2D eigenvalue weighted by Gasteiger charge is -2.27. The predicted molar refractivity (Wildman–Crippen MR) is 181 cm³/mol. The highest BCUT2D eigenvalue weighted by Crippen LogP contribution is 1.99. The first-order valence-electron chi connectivity index (χ1n) is 17.8. The van der Waals surface area contributed by atoms with Gasteiger partial charge in [0.05, 0.1) is 106 Å². The molecule has 0 radical (unpaired) electrons. The molecule has 0 saturated carbocycles. The molecule has 0 aliphatic carbocycles. The first-order valence-corrected chi connectivity index (χ1v) is 17.8. The van der Waals surface area contributed by atoms with Gasteiger partial charge in [-0.2, -0.15) is 0 Å². The number of aliphatic hydroxyl groups is 1. The molecule has 5 saturated heterocycles. The summed E-state index contributed by atoms with van der Waals surface area (Å²) >= 11 is 0. The van der Waals surface area contributed by atoms with Crippen LogP contribution in [0.5, 0.6) is 0 Å². The summed E-state index contributed by atoms with van der Waals surface area (Å²) in [6.45, 7) is 25.7. The highest BCUT2D eigenvalue weighted by atomic mass is 16.5. The summed E-state index contributed by atoms with van der Waals surface area (Å²) in [4.78, 5) is 19.7. The number of amides is 1. The molecule has 0 atom stereocenters. The fourth-order valence-corrected chi connectivity index (χ4v) is 5.01. The van der Waals surface area contributed by atoms with Gasteiger partial charge in [-0.1, -0.05) is 0 Å². The van der Waals surface area contributed by atoms with Crippen molar-refractivity contribution in [1.82, 2.24) is 24.9 Å². The zero-order chi connectivity index (χ0) is 34.2. The molecule has 48 heavy (non-hydrogen) atoms. The quantitative estimate of drug-likeness (QED) is 0.144. The highest BCUT2D eigenvalue weighted by Gasteiger charge is 2.12. The van der Waals surface area contributed by atoms with E-state index in [0.29, 0.717) is 39.5 Å². The van der Waals surface area contributed by atoms with E-state index in [1.54, 1.807) is 0 Å². The Bertz CT molecular complexity index is 657. The minimum atomic E-state index is -0.00810. The summed E-state index contributed by atoms with van der Waals surface area (Å²) < 4.78 is 41.9. The van der Waals surface area contributed by atoms with Crippen molar-refractivity contribution in [2.24, 2.45) is 5.73 Å². The van der Waals surface area contributed by atoms with Gasteiger partial charge in [0, 0.05) is 91.6 Å². The van der Waals surface area contributed by atoms with Crippen LogP contribution >= 0.6 is 0 Å². The molecule has 0 spiro atoms. The van der Waals surface area contributed by atoms with Gasteiger partial charge in [-0.25, -0.2) is 0 Å². The molecule has 284 valence electrons. The minimum absolute atomic E-state index is 0.00810. The normalized spacial score (nSPS) is 21.5. The fraction of sp³-hybridized carbons (Fsp3) is 0.969. The lowest BCUT2D eigenvalue weighted by atomic mass is 10.4. The van der Waals surface area contributed by atoms with Crippen molar-refractivity contribution in [3.63, 3.8) is 0 Å². The summed E-state index contributed by atoms with van der Waals surface area (Å²) in [5, 5.41) is 11.1. The molecule has 0 bridgehead atoms. The third kappa shape index (κ3) is 25.0. The van der Waals surface area contributed by atoms with Crippen LogP contribution in [0.15, 0.2) is 0 Å². The van der Waals surface area contributed by atoms with Gasteiger partial charge in [0.1, 0.15) is 6.61 Å². The van der Waals surface area contributed by atoms with E-state index in [1.165, 1.54) is 0 Å². The Hall–Kier alpha value is -1.09. The smallest absolute Gasteiger partial charge is 0.246 e. The topological polar surface area (TPSA) is 162 Å². The van der Waals surface area contributed by atoms with Crippen molar-refractivity contribution in [3.8, 4) is 0 Å². The third-order valence-electron chi connectivity index (χ3n) is 7.92. The van der Waals surface area contributed by atoms with Crippen molar-refractivity contribution >= 4 is 5.91 Å². The van der Waals surface area contributed by atoms with E-state index in [2.05, 4.69) is 24.9 Å². The minimum Gasteiger partial charge on any atom is -0.394 e. The summed E-state index contributed by atoms with van der Waals surface area (Å²) in [6.07, 6.45) is 0. The molecule has 5 aliphatic heterocycles. The Morgan fingerprint density at radius 1 is 0.542 bits per heavy atom. The van der Waals surface area contributed by atoms with Crippen LogP contribution in [-0.4, -0.2) is 235 Å². The Balaban J connectivity index is 0.000000232. The molecule has 16 nitrogen and oxygen atoms in total. The lowest BCUT2D eigenvalue weighted by molar-refractivity contribution is -0.128. The maximum atomic E-state index is 10.2. The van der Waals surface area contributed by atoms with Crippen molar-refractivity contribution in [2.45, 2.75) is 0 Å². The van der Waals surface area contributed by atoms with Crippen LogP contribution in [0, 0.1) is 0 Å². The molecule has 16 heteroatoms. The molecule has 5 heterocycles. The molecule has 5 fully saturated rings. The molecule has 0 aromatic rings. The molecule has 0 aromatic carbocycles. The number of nitrogens with zero attached hydrogens (tertiary/aromatic N) is 4. The largest absolute Gasteiger partial charge is 0.394 e. The second-order valence-corrected chi connectivity index (χ2v) is 11.6. The number of carbonyl (C=O) groups excluding carboxylic acids is 1. The first kappa shape index (κ1) is 43.1. The number of hydrogen-bond donors (Lipinski definition) is 3. The molecular formula is C32H66N6O10. The van der Waals surface area contributed by atoms with Crippen molar-refractivity contribution in [2.75, 3.05) is 204 Å². The number of carbonyl (C=O) groups is 1. The van der Waals surface area contributed by atoms with E-state index in [4.69, 9.17) is 48.7 Å². The van der Waals surface area contributed by atoms with Crippen LogP contribution in [0.1, 0.15) is 0 Å². The monoisotopic (exact) mass is 694 g/mol. The number of nitrogens with two attached hydrogens (primary N) is 1. The average molecular weight is 695 g/mol. The Morgan fingerprint density at radius 2 is 0.896 bits per heavy atom. The zero-order valence-corrected chi connectivity index (χ0v) is 29.4. The van der Waals surface area contributed by atoms with Crippen molar-refractivity contribution in [3.05, 3.63) is 0 Å².